The largest absolute Gasteiger partial charge is 0.385 e. The number of aromatic amines is 1. The number of benzene rings is 1. The van der Waals surface area contributed by atoms with Crippen molar-refractivity contribution in [2.45, 2.75) is 58.9 Å². The highest BCUT2D eigenvalue weighted by molar-refractivity contribution is 5.97. The number of rotatable bonds is 7. The lowest BCUT2D eigenvalue weighted by Crippen LogP contribution is -2.26. The van der Waals surface area contributed by atoms with Crippen LogP contribution < -0.4 is 5.32 Å². The third kappa shape index (κ3) is 4.01. The van der Waals surface area contributed by atoms with E-state index in [1.54, 1.807) is 7.11 Å². The number of methoxy groups -OCH3 is 1. The Hall–Kier alpha value is -2.60. The molecule has 2 heterocycles. The highest BCUT2D eigenvalue weighted by Gasteiger charge is 2.27. The van der Waals surface area contributed by atoms with Crippen LogP contribution in [0, 0.1) is 19.8 Å². The van der Waals surface area contributed by atoms with Gasteiger partial charge in [-0.3, -0.25) is 4.79 Å². The lowest BCUT2D eigenvalue weighted by molar-refractivity contribution is -0.120. The molecule has 0 spiro atoms. The number of anilines is 1. The fraction of sp³-hybridized carbons (Fsp3) is 0.500. The fourth-order valence-electron chi connectivity index (χ4n) is 4.58. The molecule has 1 amide bonds. The number of aromatic nitrogens is 3. The Morgan fingerprint density at radius 3 is 2.73 bits per heavy atom. The van der Waals surface area contributed by atoms with Gasteiger partial charge in [0.1, 0.15) is 11.6 Å². The smallest absolute Gasteiger partial charge is 0.228 e. The van der Waals surface area contributed by atoms with Crippen molar-refractivity contribution in [2.24, 2.45) is 5.92 Å². The third-order valence-electron chi connectivity index (χ3n) is 6.40. The molecule has 2 aromatic heterocycles. The summed E-state index contributed by atoms with van der Waals surface area (Å²) in [6.07, 6.45) is 6.36. The van der Waals surface area contributed by atoms with Gasteiger partial charge in [-0.2, -0.15) is 0 Å². The minimum Gasteiger partial charge on any atom is -0.385 e. The second-order valence-corrected chi connectivity index (χ2v) is 8.36. The number of carbonyl (C=O) groups is 1. The van der Waals surface area contributed by atoms with Crippen LogP contribution >= 0.6 is 0 Å². The number of nitrogens with zero attached hydrogens (tertiary/aromatic N) is 2. The van der Waals surface area contributed by atoms with Crippen molar-refractivity contribution in [2.75, 3.05) is 19.0 Å². The summed E-state index contributed by atoms with van der Waals surface area (Å²) in [6.45, 7) is 5.71. The van der Waals surface area contributed by atoms with Gasteiger partial charge in [0.05, 0.1) is 16.6 Å². The highest BCUT2D eigenvalue weighted by atomic mass is 16.5. The molecule has 0 atom stereocenters. The van der Waals surface area contributed by atoms with Gasteiger partial charge in [-0.1, -0.05) is 31.4 Å². The van der Waals surface area contributed by atoms with Crippen LogP contribution in [0.3, 0.4) is 0 Å². The molecule has 1 aromatic carbocycles. The van der Waals surface area contributed by atoms with E-state index in [2.05, 4.69) is 28.7 Å². The zero-order chi connectivity index (χ0) is 21.1. The number of imidazole rings is 1. The Kier molecular flexibility index (Phi) is 6.23. The average molecular weight is 409 g/mol. The Morgan fingerprint density at radius 2 is 2.00 bits per heavy atom. The number of para-hydroxylation sites is 2. The van der Waals surface area contributed by atoms with Crippen molar-refractivity contribution in [1.82, 2.24) is 14.5 Å². The molecule has 0 unspecified atom stereocenters. The molecule has 2 N–H and O–H groups in total. The second-order valence-electron chi connectivity index (χ2n) is 8.36. The summed E-state index contributed by atoms with van der Waals surface area (Å²) in [5.74, 6) is 1.90. The van der Waals surface area contributed by atoms with E-state index < -0.39 is 0 Å². The normalized spacial score (nSPS) is 15.0. The van der Waals surface area contributed by atoms with Crippen LogP contribution in [0.1, 0.15) is 49.8 Å². The predicted molar refractivity (Wildman–Crippen MR) is 121 cm³/mol. The first kappa shape index (κ1) is 20.7. The minimum absolute atomic E-state index is 0.102. The van der Waals surface area contributed by atoms with Gasteiger partial charge in [-0.05, 0) is 50.8 Å². The lowest BCUT2D eigenvalue weighted by atomic mass is 9.88. The van der Waals surface area contributed by atoms with E-state index in [1.807, 2.05) is 24.3 Å². The van der Waals surface area contributed by atoms with Crippen LogP contribution in [0.15, 0.2) is 24.3 Å². The molecule has 1 aliphatic rings. The van der Waals surface area contributed by atoms with Crippen LogP contribution in [-0.4, -0.2) is 34.2 Å². The Bertz CT molecular complexity index is 994. The van der Waals surface area contributed by atoms with Gasteiger partial charge in [-0.25, -0.2) is 4.98 Å². The molecule has 30 heavy (non-hydrogen) atoms. The molecule has 0 radical (unpaired) electrons. The van der Waals surface area contributed by atoms with E-state index in [0.29, 0.717) is 6.61 Å². The quantitative estimate of drug-likeness (QED) is 0.528. The van der Waals surface area contributed by atoms with Crippen LogP contribution in [0.5, 0.6) is 0 Å². The molecular formula is C24H32N4O2. The first-order valence-corrected chi connectivity index (χ1v) is 11.0. The van der Waals surface area contributed by atoms with Crippen molar-refractivity contribution < 1.29 is 9.53 Å². The van der Waals surface area contributed by atoms with Gasteiger partial charge in [0.25, 0.3) is 0 Å². The van der Waals surface area contributed by atoms with Crippen LogP contribution in [-0.2, 0) is 16.1 Å². The standard InChI is InChI=1S/C24H32N4O2/c1-16-17(2)28(14-9-15-30-3)23(27-24(29)18-10-5-4-6-11-18)21(16)22-25-19-12-7-8-13-20(19)26-22/h7-8,12-13,18H,4-6,9-11,14-15H2,1-3H3,(H,25,26)(H,27,29). The fourth-order valence-corrected chi connectivity index (χ4v) is 4.58. The number of ether oxygens (including phenoxy) is 1. The van der Waals surface area contributed by atoms with Crippen LogP contribution in [0.25, 0.3) is 22.4 Å². The molecule has 0 aliphatic heterocycles. The molecule has 3 aromatic rings. The number of amides is 1. The van der Waals surface area contributed by atoms with Crippen molar-refractivity contribution in [1.29, 1.82) is 0 Å². The van der Waals surface area contributed by atoms with Gasteiger partial charge < -0.3 is 19.6 Å². The maximum absolute atomic E-state index is 13.1. The Morgan fingerprint density at radius 1 is 1.23 bits per heavy atom. The molecule has 1 aliphatic carbocycles. The molecule has 0 bridgehead atoms. The van der Waals surface area contributed by atoms with Gasteiger partial charge in [0.15, 0.2) is 0 Å². The minimum atomic E-state index is 0.102. The second kappa shape index (κ2) is 9.04. The molecule has 160 valence electrons. The molecule has 0 saturated heterocycles. The topological polar surface area (TPSA) is 71.9 Å². The van der Waals surface area contributed by atoms with Crippen LogP contribution in [0.2, 0.25) is 0 Å². The molecule has 6 heteroatoms. The summed E-state index contributed by atoms with van der Waals surface area (Å²) in [5.41, 5.74) is 5.22. The number of nitrogens with one attached hydrogen (secondary N) is 2. The number of hydrogen-bond acceptors (Lipinski definition) is 3. The monoisotopic (exact) mass is 408 g/mol. The third-order valence-corrected chi connectivity index (χ3v) is 6.40. The summed E-state index contributed by atoms with van der Waals surface area (Å²) >= 11 is 0. The number of hydrogen-bond donors (Lipinski definition) is 2. The highest BCUT2D eigenvalue weighted by Crippen LogP contribution is 2.37. The van der Waals surface area contributed by atoms with E-state index in [1.165, 1.54) is 6.42 Å². The first-order valence-electron chi connectivity index (χ1n) is 11.0. The van der Waals surface area contributed by atoms with Gasteiger partial charge in [-0.15, -0.1) is 0 Å². The van der Waals surface area contributed by atoms with E-state index in [9.17, 15) is 4.79 Å². The van der Waals surface area contributed by atoms with Gasteiger partial charge in [0.2, 0.25) is 5.91 Å². The maximum atomic E-state index is 13.1. The molecule has 4 rings (SSSR count). The zero-order valence-corrected chi connectivity index (χ0v) is 18.3. The molecule has 6 nitrogen and oxygen atoms in total. The van der Waals surface area contributed by atoms with E-state index in [0.717, 1.165) is 78.1 Å². The Balaban J connectivity index is 1.75. The van der Waals surface area contributed by atoms with Crippen molar-refractivity contribution in [3.05, 3.63) is 35.5 Å². The molecule has 1 saturated carbocycles. The summed E-state index contributed by atoms with van der Waals surface area (Å²) in [4.78, 5) is 21.4. The van der Waals surface area contributed by atoms with Gasteiger partial charge in [0, 0.05) is 31.9 Å². The summed E-state index contributed by atoms with van der Waals surface area (Å²) < 4.78 is 7.48. The predicted octanol–water partition coefficient (Wildman–Crippen LogP) is 5.20. The summed E-state index contributed by atoms with van der Waals surface area (Å²) in [5, 5.41) is 3.30. The molecular weight excluding hydrogens is 376 g/mol. The molecule has 1 fully saturated rings. The van der Waals surface area contributed by atoms with E-state index in [-0.39, 0.29) is 11.8 Å². The Labute approximate surface area is 178 Å². The summed E-state index contributed by atoms with van der Waals surface area (Å²) in [6, 6.07) is 8.04. The number of fused-ring (bicyclic) bond motifs is 1. The first-order chi connectivity index (χ1) is 14.6. The number of carbonyl (C=O) groups excluding carboxylic acids is 1. The van der Waals surface area contributed by atoms with Crippen molar-refractivity contribution in [3.63, 3.8) is 0 Å². The van der Waals surface area contributed by atoms with Crippen molar-refractivity contribution >= 4 is 22.8 Å². The summed E-state index contributed by atoms with van der Waals surface area (Å²) in [7, 11) is 1.72. The van der Waals surface area contributed by atoms with Crippen molar-refractivity contribution in [3.8, 4) is 11.4 Å². The van der Waals surface area contributed by atoms with Crippen LogP contribution in [0.4, 0.5) is 5.82 Å². The lowest BCUT2D eigenvalue weighted by Gasteiger charge is -2.22. The number of H-pyrrole nitrogens is 1. The van der Waals surface area contributed by atoms with E-state index in [4.69, 9.17) is 9.72 Å². The SMILES string of the molecule is COCCCn1c(C)c(C)c(-c2nc3ccccc3[nH]2)c1NC(=O)C1CCCCC1. The zero-order valence-electron chi connectivity index (χ0n) is 18.3. The van der Waals surface area contributed by atoms with E-state index >= 15 is 0 Å². The van der Waals surface area contributed by atoms with Gasteiger partial charge >= 0.3 is 0 Å². The average Bonchev–Trinajstić information content (AvgIpc) is 3.28. The maximum Gasteiger partial charge on any atom is 0.228 e.